The van der Waals surface area contributed by atoms with Crippen molar-refractivity contribution in [1.82, 2.24) is 19.4 Å². The number of rotatable bonds is 11. The van der Waals surface area contributed by atoms with Gasteiger partial charge in [0.15, 0.2) is 17.5 Å². The number of nitrogens with zero attached hydrogens (tertiary/aromatic N) is 6. The highest BCUT2D eigenvalue weighted by molar-refractivity contribution is 7.99. The molecule has 234 valence electrons. The van der Waals surface area contributed by atoms with E-state index in [0.717, 1.165) is 30.1 Å². The van der Waals surface area contributed by atoms with E-state index in [1.807, 2.05) is 4.90 Å². The third-order valence-electron chi connectivity index (χ3n) is 6.55. The highest BCUT2D eigenvalue weighted by Gasteiger charge is 2.32. The highest BCUT2D eigenvalue weighted by Crippen LogP contribution is 2.35. The van der Waals surface area contributed by atoms with Gasteiger partial charge in [0.25, 0.3) is 10.8 Å². The fourth-order valence-corrected chi connectivity index (χ4v) is 5.47. The van der Waals surface area contributed by atoms with Gasteiger partial charge in [-0.2, -0.15) is 0 Å². The number of hydrogen-bond donors (Lipinski definition) is 1. The number of para-hydroxylation sites is 1. The zero-order valence-corrected chi connectivity index (χ0v) is 24.1. The SMILES string of the molecule is C[C@](O)(CN1CCN(C(=O)OC/C=C/c2ccc(F)c(F)c2F)CC1)Cn1cc([N+](=O)[O-])nc1Sc1ccccc1[N+](=O)[O-]. The Morgan fingerprint density at radius 3 is 2.45 bits per heavy atom. The maximum atomic E-state index is 13.7. The molecule has 1 amide bonds. The van der Waals surface area contributed by atoms with Gasteiger partial charge >= 0.3 is 11.9 Å². The van der Waals surface area contributed by atoms with E-state index in [1.54, 1.807) is 13.0 Å². The molecule has 2 aromatic carbocycles. The standard InChI is InChI=1S/C27H27F3N6O7S/c1-27(38,17-34-15-22(36(41)42)31-25(34)44-21-7-3-2-6-20(21)35(39)40)16-32-10-12-33(13-11-32)26(37)43-14-4-5-18-8-9-19(28)24(30)23(18)29/h2-9,15,38H,10-14,16-17H2,1H3/b5-4+/t27-/m0/s1. The molecule has 17 heteroatoms. The van der Waals surface area contributed by atoms with Crippen molar-refractivity contribution in [2.75, 3.05) is 39.3 Å². The first-order valence-corrected chi connectivity index (χ1v) is 14.0. The topological polar surface area (TPSA) is 157 Å². The molecule has 1 aromatic heterocycles. The van der Waals surface area contributed by atoms with Crippen LogP contribution in [0.2, 0.25) is 0 Å². The molecule has 3 aromatic rings. The summed E-state index contributed by atoms with van der Waals surface area (Å²) in [7, 11) is 0. The molecule has 1 N–H and O–H groups in total. The molecule has 1 aliphatic heterocycles. The third kappa shape index (κ3) is 8.12. The largest absolute Gasteiger partial charge is 0.445 e. The van der Waals surface area contributed by atoms with Crippen LogP contribution in [0.4, 0.5) is 29.5 Å². The normalized spacial score (nSPS) is 15.3. The molecule has 0 aliphatic carbocycles. The van der Waals surface area contributed by atoms with E-state index in [-0.39, 0.29) is 54.1 Å². The molecular formula is C27H27F3N6O7S. The molecule has 1 aliphatic rings. The van der Waals surface area contributed by atoms with Crippen molar-refractivity contribution in [2.24, 2.45) is 0 Å². The Bertz CT molecular complexity index is 1580. The molecule has 0 radical (unpaired) electrons. The molecule has 1 saturated heterocycles. The number of β-amino-alcohol motifs (C(OH)–C–C–N with tert-alkyl or cyclic N) is 1. The van der Waals surface area contributed by atoms with Crippen LogP contribution in [0.3, 0.4) is 0 Å². The highest BCUT2D eigenvalue weighted by atomic mass is 32.2. The Morgan fingerprint density at radius 1 is 1.07 bits per heavy atom. The van der Waals surface area contributed by atoms with Crippen molar-refractivity contribution >= 4 is 35.4 Å². The summed E-state index contributed by atoms with van der Waals surface area (Å²) < 4.78 is 46.7. The molecule has 0 spiro atoms. The maximum Gasteiger partial charge on any atom is 0.410 e. The first-order chi connectivity index (χ1) is 20.8. The zero-order valence-electron chi connectivity index (χ0n) is 23.3. The minimum absolute atomic E-state index is 0.0974. The average Bonchev–Trinajstić information content (AvgIpc) is 3.36. The van der Waals surface area contributed by atoms with Gasteiger partial charge in [0.1, 0.15) is 12.8 Å². The Morgan fingerprint density at radius 2 is 1.77 bits per heavy atom. The van der Waals surface area contributed by atoms with Crippen LogP contribution in [0.1, 0.15) is 12.5 Å². The smallest absolute Gasteiger partial charge is 0.410 e. The van der Waals surface area contributed by atoms with E-state index in [1.165, 1.54) is 39.8 Å². The monoisotopic (exact) mass is 636 g/mol. The van der Waals surface area contributed by atoms with Crippen molar-refractivity contribution in [1.29, 1.82) is 0 Å². The lowest BCUT2D eigenvalue weighted by Crippen LogP contribution is -2.53. The molecule has 0 saturated carbocycles. The molecule has 0 bridgehead atoms. The van der Waals surface area contributed by atoms with Gasteiger partial charge in [-0.1, -0.05) is 18.2 Å². The van der Waals surface area contributed by atoms with Gasteiger partial charge in [0.2, 0.25) is 0 Å². The number of aliphatic hydroxyl groups is 1. The number of piperazine rings is 1. The fraction of sp³-hybridized carbons (Fsp3) is 0.333. The quantitative estimate of drug-likeness (QED) is 0.181. The lowest BCUT2D eigenvalue weighted by Gasteiger charge is -2.37. The molecule has 2 heterocycles. The second-order valence-electron chi connectivity index (χ2n) is 10.1. The Kier molecular flexibility index (Phi) is 10.2. The van der Waals surface area contributed by atoms with Crippen LogP contribution >= 0.6 is 11.8 Å². The number of ether oxygens (including phenoxy) is 1. The number of nitro benzene ring substituents is 1. The average molecular weight is 637 g/mol. The lowest BCUT2D eigenvalue weighted by atomic mass is 10.1. The predicted octanol–water partition coefficient (Wildman–Crippen LogP) is 4.49. The van der Waals surface area contributed by atoms with E-state index in [9.17, 15) is 43.3 Å². The van der Waals surface area contributed by atoms with Crippen molar-refractivity contribution < 1.29 is 37.7 Å². The molecule has 44 heavy (non-hydrogen) atoms. The van der Waals surface area contributed by atoms with E-state index >= 15 is 0 Å². The number of benzene rings is 2. The predicted molar refractivity (Wildman–Crippen MR) is 151 cm³/mol. The van der Waals surface area contributed by atoms with Gasteiger partial charge in [0, 0.05) is 44.4 Å². The number of nitro groups is 2. The molecule has 0 unspecified atom stereocenters. The fourth-order valence-electron chi connectivity index (χ4n) is 4.50. The summed E-state index contributed by atoms with van der Waals surface area (Å²) in [5.41, 5.74) is -1.79. The van der Waals surface area contributed by atoms with Crippen LogP contribution < -0.4 is 0 Å². The Hall–Kier alpha value is -4.48. The van der Waals surface area contributed by atoms with Gasteiger partial charge in [0.05, 0.1) is 22.0 Å². The summed E-state index contributed by atoms with van der Waals surface area (Å²) in [4.78, 5) is 41.6. The first kappa shape index (κ1) is 32.4. The molecule has 1 atom stereocenters. The first-order valence-electron chi connectivity index (χ1n) is 13.1. The van der Waals surface area contributed by atoms with Crippen LogP contribution in [-0.2, 0) is 11.3 Å². The number of aromatic nitrogens is 2. The number of hydrogen-bond acceptors (Lipinski definition) is 10. The van der Waals surface area contributed by atoms with Gasteiger partial charge in [-0.05, 0) is 52.9 Å². The molecule has 13 nitrogen and oxygen atoms in total. The van der Waals surface area contributed by atoms with Gasteiger partial charge in [-0.3, -0.25) is 19.6 Å². The number of halogens is 3. The van der Waals surface area contributed by atoms with E-state index in [2.05, 4.69) is 4.98 Å². The summed E-state index contributed by atoms with van der Waals surface area (Å²) >= 11 is 0.874. The van der Waals surface area contributed by atoms with Crippen molar-refractivity contribution in [2.45, 2.75) is 29.1 Å². The minimum Gasteiger partial charge on any atom is -0.445 e. The van der Waals surface area contributed by atoms with Gasteiger partial charge in [-0.15, -0.1) is 0 Å². The van der Waals surface area contributed by atoms with E-state index < -0.39 is 44.8 Å². The van der Waals surface area contributed by atoms with Crippen LogP contribution in [0.15, 0.2) is 58.7 Å². The van der Waals surface area contributed by atoms with Crippen LogP contribution in [0, 0.1) is 37.7 Å². The Balaban J connectivity index is 1.31. The maximum absolute atomic E-state index is 13.7. The van der Waals surface area contributed by atoms with E-state index in [4.69, 9.17) is 4.74 Å². The summed E-state index contributed by atoms with van der Waals surface area (Å²) in [5, 5.41) is 34.1. The summed E-state index contributed by atoms with van der Waals surface area (Å²) in [6, 6.07) is 7.75. The van der Waals surface area contributed by atoms with E-state index in [0.29, 0.717) is 13.1 Å². The summed E-state index contributed by atoms with van der Waals surface area (Å²) in [5.74, 6) is -4.72. The number of amides is 1. The Labute approximate surface area is 252 Å². The van der Waals surface area contributed by atoms with Crippen LogP contribution in [-0.4, -0.2) is 85.3 Å². The minimum atomic E-state index is -1.59. The summed E-state index contributed by atoms with van der Waals surface area (Å²) in [6.07, 6.45) is 3.00. The van der Waals surface area contributed by atoms with Gasteiger partial charge in [-0.25, -0.2) is 18.0 Å². The molecular weight excluding hydrogens is 609 g/mol. The lowest BCUT2D eigenvalue weighted by molar-refractivity contribution is -0.389. The molecule has 4 rings (SSSR count). The van der Waals surface area contributed by atoms with Crippen LogP contribution in [0.5, 0.6) is 0 Å². The second-order valence-corrected chi connectivity index (χ2v) is 11.1. The number of imidazole rings is 1. The van der Waals surface area contributed by atoms with Gasteiger partial charge < -0.3 is 24.9 Å². The third-order valence-corrected chi connectivity index (χ3v) is 7.62. The van der Waals surface area contributed by atoms with Crippen LogP contribution in [0.25, 0.3) is 6.08 Å². The summed E-state index contributed by atoms with van der Waals surface area (Å²) in [6.45, 7) is 2.64. The molecule has 1 fully saturated rings. The number of carbonyl (C=O) groups excluding carboxylic acids is 1. The van der Waals surface area contributed by atoms with Crippen molar-refractivity contribution in [3.63, 3.8) is 0 Å². The second kappa shape index (κ2) is 13.9. The van der Waals surface area contributed by atoms with Crippen molar-refractivity contribution in [3.05, 3.63) is 91.9 Å². The van der Waals surface area contributed by atoms with Crippen molar-refractivity contribution in [3.8, 4) is 0 Å². The number of carbonyl (C=O) groups is 1. The zero-order chi connectivity index (χ0) is 32.0.